The molecule has 0 spiro atoms. The SMILES string of the molecule is CCNCC(O)c1cc(Br)c2c(c1)OCCCO2. The molecule has 2 N–H and O–H groups in total. The second-order valence-electron chi connectivity index (χ2n) is 4.20. The van der Waals surface area contributed by atoms with Gasteiger partial charge in [-0.05, 0) is 40.2 Å². The van der Waals surface area contributed by atoms with Crippen LogP contribution in [0.3, 0.4) is 0 Å². The van der Waals surface area contributed by atoms with Gasteiger partial charge in [-0.1, -0.05) is 6.92 Å². The minimum atomic E-state index is -0.543. The molecule has 100 valence electrons. The number of aliphatic hydroxyl groups excluding tert-OH is 1. The van der Waals surface area contributed by atoms with Crippen LogP contribution in [0, 0.1) is 0 Å². The van der Waals surface area contributed by atoms with Crippen LogP contribution in [0.25, 0.3) is 0 Å². The molecular weight excluding hydrogens is 298 g/mol. The molecule has 0 bridgehead atoms. The van der Waals surface area contributed by atoms with E-state index in [1.54, 1.807) is 0 Å². The van der Waals surface area contributed by atoms with Crippen LogP contribution in [0.2, 0.25) is 0 Å². The zero-order chi connectivity index (χ0) is 13.0. The van der Waals surface area contributed by atoms with Gasteiger partial charge in [0, 0.05) is 13.0 Å². The van der Waals surface area contributed by atoms with E-state index in [4.69, 9.17) is 9.47 Å². The molecule has 1 heterocycles. The fraction of sp³-hybridized carbons (Fsp3) is 0.538. The molecule has 1 aromatic rings. The average Bonchev–Trinajstić information content (AvgIpc) is 2.61. The van der Waals surface area contributed by atoms with Crippen LogP contribution in [0.4, 0.5) is 0 Å². The van der Waals surface area contributed by atoms with Gasteiger partial charge in [-0.3, -0.25) is 0 Å². The van der Waals surface area contributed by atoms with E-state index >= 15 is 0 Å². The van der Waals surface area contributed by atoms with Crippen molar-refractivity contribution in [1.29, 1.82) is 0 Å². The number of hydrogen-bond donors (Lipinski definition) is 2. The van der Waals surface area contributed by atoms with E-state index in [2.05, 4.69) is 21.2 Å². The Balaban J connectivity index is 2.22. The molecule has 4 nitrogen and oxygen atoms in total. The molecule has 2 rings (SSSR count). The molecule has 1 unspecified atom stereocenters. The Labute approximate surface area is 115 Å². The molecule has 5 heteroatoms. The molecule has 1 aliphatic rings. The Kier molecular flexibility index (Phi) is 4.86. The monoisotopic (exact) mass is 315 g/mol. The normalized spacial score (nSPS) is 16.2. The van der Waals surface area contributed by atoms with Crippen LogP contribution in [0.1, 0.15) is 25.0 Å². The molecule has 0 aromatic heterocycles. The summed E-state index contributed by atoms with van der Waals surface area (Å²) in [6, 6.07) is 3.74. The number of likely N-dealkylation sites (N-methyl/N-ethyl adjacent to an activating group) is 1. The molecule has 0 aliphatic carbocycles. The lowest BCUT2D eigenvalue weighted by Gasteiger charge is -2.15. The lowest BCUT2D eigenvalue weighted by Crippen LogP contribution is -2.20. The number of fused-ring (bicyclic) bond motifs is 1. The van der Waals surface area contributed by atoms with Crippen LogP contribution in [0.15, 0.2) is 16.6 Å². The van der Waals surface area contributed by atoms with Crippen molar-refractivity contribution in [2.24, 2.45) is 0 Å². The molecule has 1 atom stereocenters. The van der Waals surface area contributed by atoms with E-state index in [1.807, 2.05) is 19.1 Å². The van der Waals surface area contributed by atoms with Crippen molar-refractivity contribution in [3.8, 4) is 11.5 Å². The van der Waals surface area contributed by atoms with Gasteiger partial charge in [0.2, 0.25) is 0 Å². The number of halogens is 1. The zero-order valence-electron chi connectivity index (χ0n) is 10.4. The molecule has 0 fully saturated rings. The maximum Gasteiger partial charge on any atom is 0.175 e. The van der Waals surface area contributed by atoms with E-state index in [0.717, 1.165) is 28.8 Å². The van der Waals surface area contributed by atoms with Gasteiger partial charge in [0.1, 0.15) is 0 Å². The van der Waals surface area contributed by atoms with Crippen molar-refractivity contribution in [1.82, 2.24) is 5.32 Å². The quantitative estimate of drug-likeness (QED) is 0.895. The second kappa shape index (κ2) is 6.41. The van der Waals surface area contributed by atoms with Crippen molar-refractivity contribution in [3.63, 3.8) is 0 Å². The lowest BCUT2D eigenvalue weighted by molar-refractivity contribution is 0.175. The zero-order valence-corrected chi connectivity index (χ0v) is 12.0. The maximum atomic E-state index is 10.1. The molecule has 1 aromatic carbocycles. The highest BCUT2D eigenvalue weighted by Crippen LogP contribution is 2.39. The maximum absolute atomic E-state index is 10.1. The van der Waals surface area contributed by atoms with Gasteiger partial charge in [-0.15, -0.1) is 0 Å². The minimum absolute atomic E-state index is 0.530. The van der Waals surface area contributed by atoms with Gasteiger partial charge in [0.15, 0.2) is 11.5 Å². The molecule has 1 aliphatic heterocycles. The largest absolute Gasteiger partial charge is 0.490 e. The van der Waals surface area contributed by atoms with Crippen LogP contribution in [0.5, 0.6) is 11.5 Å². The lowest BCUT2D eigenvalue weighted by atomic mass is 10.1. The number of ether oxygens (including phenoxy) is 2. The molecule has 0 radical (unpaired) electrons. The fourth-order valence-corrected chi connectivity index (χ4v) is 2.42. The number of nitrogens with one attached hydrogen (secondary N) is 1. The Bertz CT molecular complexity index is 411. The molecule has 0 saturated heterocycles. The molecular formula is C13H18BrNO3. The highest BCUT2D eigenvalue weighted by molar-refractivity contribution is 9.10. The third kappa shape index (κ3) is 3.16. The summed E-state index contributed by atoms with van der Waals surface area (Å²) in [4.78, 5) is 0. The molecule has 18 heavy (non-hydrogen) atoms. The van der Waals surface area contributed by atoms with E-state index in [0.29, 0.717) is 25.5 Å². The van der Waals surface area contributed by atoms with Gasteiger partial charge in [0.25, 0.3) is 0 Å². The highest BCUT2D eigenvalue weighted by atomic mass is 79.9. The van der Waals surface area contributed by atoms with Crippen LogP contribution >= 0.6 is 15.9 Å². The van der Waals surface area contributed by atoms with Gasteiger partial charge in [0.05, 0.1) is 23.8 Å². The van der Waals surface area contributed by atoms with Crippen LogP contribution < -0.4 is 14.8 Å². The van der Waals surface area contributed by atoms with E-state index in [-0.39, 0.29) is 0 Å². The van der Waals surface area contributed by atoms with Gasteiger partial charge < -0.3 is 19.9 Å². The first-order valence-electron chi connectivity index (χ1n) is 6.20. The van der Waals surface area contributed by atoms with Crippen molar-refractivity contribution < 1.29 is 14.6 Å². The fourth-order valence-electron chi connectivity index (χ4n) is 1.84. The number of aliphatic hydroxyl groups is 1. The third-order valence-corrected chi connectivity index (χ3v) is 3.39. The van der Waals surface area contributed by atoms with Crippen molar-refractivity contribution >= 4 is 15.9 Å². The van der Waals surface area contributed by atoms with E-state index in [1.165, 1.54) is 0 Å². The first kappa shape index (κ1) is 13.6. The topological polar surface area (TPSA) is 50.7 Å². The van der Waals surface area contributed by atoms with Crippen molar-refractivity contribution in [2.45, 2.75) is 19.4 Å². The predicted molar refractivity (Wildman–Crippen MR) is 73.3 cm³/mol. The summed E-state index contributed by atoms with van der Waals surface area (Å²) in [5.41, 5.74) is 0.826. The summed E-state index contributed by atoms with van der Waals surface area (Å²) >= 11 is 3.47. The predicted octanol–water partition coefficient (Wildman–Crippen LogP) is 2.25. The minimum Gasteiger partial charge on any atom is -0.490 e. The van der Waals surface area contributed by atoms with Gasteiger partial charge in [-0.2, -0.15) is 0 Å². The smallest absolute Gasteiger partial charge is 0.175 e. The molecule has 0 amide bonds. The number of rotatable bonds is 4. The van der Waals surface area contributed by atoms with Crippen molar-refractivity contribution in [2.75, 3.05) is 26.3 Å². The van der Waals surface area contributed by atoms with Crippen molar-refractivity contribution in [3.05, 3.63) is 22.2 Å². The van der Waals surface area contributed by atoms with E-state index in [9.17, 15) is 5.11 Å². The summed E-state index contributed by atoms with van der Waals surface area (Å²) < 4.78 is 12.1. The summed E-state index contributed by atoms with van der Waals surface area (Å²) in [6.07, 6.45) is 0.328. The number of hydrogen-bond acceptors (Lipinski definition) is 4. The standard InChI is InChI=1S/C13H18BrNO3/c1-2-15-8-11(16)9-6-10(14)13-12(7-9)17-4-3-5-18-13/h6-7,11,15-16H,2-5,8H2,1H3. The Morgan fingerprint density at radius 2 is 2.17 bits per heavy atom. The summed E-state index contributed by atoms with van der Waals surface area (Å²) in [6.45, 7) is 4.68. The molecule has 0 saturated carbocycles. The van der Waals surface area contributed by atoms with Crippen LogP contribution in [-0.4, -0.2) is 31.4 Å². The second-order valence-corrected chi connectivity index (χ2v) is 5.06. The van der Waals surface area contributed by atoms with Gasteiger partial charge in [-0.25, -0.2) is 0 Å². The van der Waals surface area contributed by atoms with E-state index < -0.39 is 6.10 Å². The Morgan fingerprint density at radius 1 is 1.39 bits per heavy atom. The Hall–Kier alpha value is -0.780. The number of benzene rings is 1. The summed E-state index contributed by atoms with van der Waals surface area (Å²) in [5.74, 6) is 1.43. The van der Waals surface area contributed by atoms with Gasteiger partial charge >= 0.3 is 0 Å². The first-order chi connectivity index (χ1) is 8.72. The third-order valence-electron chi connectivity index (χ3n) is 2.80. The van der Waals surface area contributed by atoms with Crippen LogP contribution in [-0.2, 0) is 0 Å². The highest BCUT2D eigenvalue weighted by Gasteiger charge is 2.18. The first-order valence-corrected chi connectivity index (χ1v) is 6.99. The average molecular weight is 316 g/mol. The summed E-state index contributed by atoms with van der Waals surface area (Å²) in [7, 11) is 0. The Morgan fingerprint density at radius 3 is 2.94 bits per heavy atom. The summed E-state index contributed by atoms with van der Waals surface area (Å²) in [5, 5.41) is 13.2.